The molecule has 2 aromatic carbocycles. The minimum Gasteiger partial charge on any atom is -0.494 e. The predicted octanol–water partition coefficient (Wildman–Crippen LogP) is 2.83. The largest absolute Gasteiger partial charge is 0.494 e. The van der Waals surface area contributed by atoms with E-state index in [1.54, 1.807) is 32.2 Å². The molecular formula is C23H27N7O4S. The van der Waals surface area contributed by atoms with Gasteiger partial charge in [-0.15, -0.1) is 0 Å². The molecule has 0 radical (unpaired) electrons. The molecule has 1 aliphatic heterocycles. The molecule has 0 spiro atoms. The van der Waals surface area contributed by atoms with Crippen molar-refractivity contribution in [2.24, 2.45) is 0 Å². The van der Waals surface area contributed by atoms with Crippen LogP contribution < -0.4 is 25.0 Å². The number of piperidine rings is 1. The Morgan fingerprint density at radius 1 is 1.00 bits per heavy atom. The molecule has 12 heteroatoms. The Labute approximate surface area is 204 Å². The summed E-state index contributed by atoms with van der Waals surface area (Å²) in [4.78, 5) is 26.4. The van der Waals surface area contributed by atoms with Crippen molar-refractivity contribution in [1.29, 1.82) is 0 Å². The fourth-order valence-electron chi connectivity index (χ4n) is 3.72. The molecule has 35 heavy (non-hydrogen) atoms. The van der Waals surface area contributed by atoms with Crippen molar-refractivity contribution >= 4 is 44.8 Å². The molecule has 1 aliphatic rings. The molecule has 4 rings (SSSR count). The summed E-state index contributed by atoms with van der Waals surface area (Å²) in [5.41, 5.74) is 1.96. The fraction of sp³-hybridized carbons (Fsp3) is 0.304. The molecule has 3 N–H and O–H groups in total. The van der Waals surface area contributed by atoms with Crippen molar-refractivity contribution in [1.82, 2.24) is 19.7 Å². The first-order chi connectivity index (χ1) is 16.9. The number of rotatable bonds is 9. The van der Waals surface area contributed by atoms with Crippen molar-refractivity contribution in [3.63, 3.8) is 0 Å². The number of carbonyl (C=O) groups excluding carboxylic acids is 1. The average molecular weight is 498 g/mol. The molecule has 0 bridgehead atoms. The maximum absolute atomic E-state index is 12.5. The molecule has 1 fully saturated rings. The van der Waals surface area contributed by atoms with Gasteiger partial charge >= 0.3 is 0 Å². The maximum atomic E-state index is 12.5. The van der Waals surface area contributed by atoms with E-state index in [1.807, 2.05) is 18.2 Å². The summed E-state index contributed by atoms with van der Waals surface area (Å²) < 4.78 is 33.1. The summed E-state index contributed by atoms with van der Waals surface area (Å²) in [6, 6.07) is 12.2. The third-order valence-electron chi connectivity index (χ3n) is 5.45. The van der Waals surface area contributed by atoms with Gasteiger partial charge in [0.05, 0.1) is 18.5 Å². The highest BCUT2D eigenvalue weighted by Gasteiger charge is 2.19. The van der Waals surface area contributed by atoms with Crippen LogP contribution in [0.5, 0.6) is 5.75 Å². The molecule has 0 aliphatic carbocycles. The number of benzene rings is 2. The van der Waals surface area contributed by atoms with Crippen LogP contribution in [0.4, 0.5) is 29.0 Å². The second-order valence-corrected chi connectivity index (χ2v) is 9.53. The van der Waals surface area contributed by atoms with Crippen LogP contribution in [0.2, 0.25) is 0 Å². The number of nitrogens with zero attached hydrogens (tertiary/aromatic N) is 4. The molecule has 0 amide bonds. The number of anilines is 5. The van der Waals surface area contributed by atoms with Crippen LogP contribution in [0.3, 0.4) is 0 Å². The van der Waals surface area contributed by atoms with E-state index >= 15 is 0 Å². The van der Waals surface area contributed by atoms with Crippen molar-refractivity contribution in [2.45, 2.75) is 24.7 Å². The topological polar surface area (TPSA) is 138 Å². The number of nitrogens with one attached hydrogen (secondary N) is 3. The van der Waals surface area contributed by atoms with Gasteiger partial charge in [-0.2, -0.15) is 4.98 Å². The van der Waals surface area contributed by atoms with Gasteiger partial charge in [0.15, 0.2) is 0 Å². The number of Topliss-reactive ketones (excluding diaryl/α,β-unsaturated/α-hetero) is 1. The number of para-hydroxylation sites is 1. The van der Waals surface area contributed by atoms with Gasteiger partial charge in [-0.05, 0) is 24.3 Å². The number of ether oxygens (including phenoxy) is 1. The summed E-state index contributed by atoms with van der Waals surface area (Å²) in [6.45, 7) is 3.35. The van der Waals surface area contributed by atoms with E-state index in [-0.39, 0.29) is 29.1 Å². The van der Waals surface area contributed by atoms with Crippen LogP contribution in [-0.4, -0.2) is 55.9 Å². The fourth-order valence-corrected chi connectivity index (χ4v) is 4.93. The molecule has 0 atom stereocenters. The van der Waals surface area contributed by atoms with Crippen LogP contribution in [0.15, 0.2) is 53.7 Å². The number of sulfonamides is 1. The molecule has 184 valence electrons. The van der Waals surface area contributed by atoms with Crippen LogP contribution >= 0.6 is 0 Å². The Balaban J connectivity index is 1.53. The number of aromatic nitrogens is 3. The van der Waals surface area contributed by atoms with Crippen LogP contribution in [0.25, 0.3) is 0 Å². The van der Waals surface area contributed by atoms with Crippen molar-refractivity contribution in [3.05, 3.63) is 48.8 Å². The Kier molecular flexibility index (Phi) is 7.42. The Bertz CT molecular complexity index is 1310. The van der Waals surface area contributed by atoms with E-state index < -0.39 is 10.0 Å². The lowest BCUT2D eigenvalue weighted by molar-refractivity contribution is -0.119. The molecular weight excluding hydrogens is 470 g/mol. The van der Waals surface area contributed by atoms with Gasteiger partial charge in [-0.1, -0.05) is 19.1 Å². The zero-order chi connectivity index (χ0) is 24.8. The normalized spacial score (nSPS) is 14.0. The van der Waals surface area contributed by atoms with Gasteiger partial charge in [0, 0.05) is 44.2 Å². The highest BCUT2D eigenvalue weighted by Crippen LogP contribution is 2.32. The zero-order valence-corrected chi connectivity index (χ0v) is 20.3. The van der Waals surface area contributed by atoms with E-state index in [1.165, 1.54) is 12.4 Å². The van der Waals surface area contributed by atoms with Crippen molar-refractivity contribution in [2.75, 3.05) is 42.3 Å². The first-order valence-electron chi connectivity index (χ1n) is 11.2. The second-order valence-electron chi connectivity index (χ2n) is 7.79. The van der Waals surface area contributed by atoms with Crippen LogP contribution in [-0.2, 0) is 14.8 Å². The van der Waals surface area contributed by atoms with Crippen molar-refractivity contribution in [3.8, 4) is 5.75 Å². The lowest BCUT2D eigenvalue weighted by Gasteiger charge is -2.28. The van der Waals surface area contributed by atoms with E-state index in [0.29, 0.717) is 43.1 Å². The highest BCUT2D eigenvalue weighted by molar-refractivity contribution is 7.89. The minimum atomic E-state index is -3.68. The summed E-state index contributed by atoms with van der Waals surface area (Å²) in [5, 5.41) is 6.08. The first kappa shape index (κ1) is 24.4. The SMILES string of the molecule is CCNS(=O)(=O)c1ccccc1Nc1ncnc(Nc2ccc(N3CCC(=O)CC3)cc2OC)n1. The number of ketones is 1. The molecule has 11 nitrogen and oxygen atoms in total. The van der Waals surface area contributed by atoms with Gasteiger partial charge in [-0.3, -0.25) is 4.79 Å². The second kappa shape index (κ2) is 10.7. The summed E-state index contributed by atoms with van der Waals surface area (Å²) in [6.07, 6.45) is 2.41. The monoisotopic (exact) mass is 497 g/mol. The maximum Gasteiger partial charge on any atom is 0.242 e. The Morgan fingerprint density at radius 3 is 2.37 bits per heavy atom. The van der Waals surface area contributed by atoms with E-state index in [4.69, 9.17) is 4.74 Å². The molecule has 3 aromatic rings. The molecule has 1 saturated heterocycles. The average Bonchev–Trinajstić information content (AvgIpc) is 2.85. The van der Waals surface area contributed by atoms with E-state index in [9.17, 15) is 13.2 Å². The highest BCUT2D eigenvalue weighted by atomic mass is 32.2. The lowest BCUT2D eigenvalue weighted by atomic mass is 10.1. The minimum absolute atomic E-state index is 0.0912. The smallest absolute Gasteiger partial charge is 0.242 e. The zero-order valence-electron chi connectivity index (χ0n) is 19.5. The van der Waals surface area contributed by atoms with Gasteiger partial charge < -0.3 is 20.3 Å². The van der Waals surface area contributed by atoms with Gasteiger partial charge in [-0.25, -0.2) is 23.1 Å². The first-order valence-corrected chi connectivity index (χ1v) is 12.6. The number of hydrogen-bond donors (Lipinski definition) is 3. The van der Waals surface area contributed by atoms with Crippen LogP contribution in [0, 0.1) is 0 Å². The van der Waals surface area contributed by atoms with Gasteiger partial charge in [0.25, 0.3) is 0 Å². The quantitative estimate of drug-likeness (QED) is 0.404. The standard InChI is InChI=1S/C23H27N7O4S/c1-3-26-35(32,33)21-7-5-4-6-19(21)28-23-25-15-24-22(29-23)27-18-9-8-16(14-20(18)34-2)30-12-10-17(31)11-13-30/h4-9,14-15,26H,3,10-13H2,1-2H3,(H2,24,25,27,28,29). The number of carbonyl (C=O) groups is 1. The lowest BCUT2D eigenvalue weighted by Crippen LogP contribution is -2.33. The Hall–Kier alpha value is -3.77. The van der Waals surface area contributed by atoms with Crippen LogP contribution in [0.1, 0.15) is 19.8 Å². The number of hydrogen-bond acceptors (Lipinski definition) is 10. The third kappa shape index (κ3) is 5.84. The summed E-state index contributed by atoms with van der Waals surface area (Å²) in [5.74, 6) is 1.31. The Morgan fingerprint density at radius 2 is 1.69 bits per heavy atom. The molecule has 2 heterocycles. The molecule has 0 unspecified atom stereocenters. The summed E-state index contributed by atoms with van der Waals surface area (Å²) >= 11 is 0. The summed E-state index contributed by atoms with van der Waals surface area (Å²) in [7, 11) is -2.11. The van der Waals surface area contributed by atoms with E-state index in [0.717, 1.165) is 5.69 Å². The predicted molar refractivity (Wildman–Crippen MR) is 133 cm³/mol. The third-order valence-corrected chi connectivity index (χ3v) is 7.05. The van der Waals surface area contributed by atoms with Gasteiger partial charge in [0.2, 0.25) is 21.9 Å². The molecule has 1 aromatic heterocycles. The molecule has 0 saturated carbocycles. The van der Waals surface area contributed by atoms with Gasteiger partial charge in [0.1, 0.15) is 22.8 Å². The number of methoxy groups -OCH3 is 1. The van der Waals surface area contributed by atoms with Crippen molar-refractivity contribution < 1.29 is 17.9 Å². The van der Waals surface area contributed by atoms with E-state index in [2.05, 4.69) is 35.2 Å².